The molecule has 1 aromatic heterocycles. The molecular formula is C26H17Cl2N3O3S. The Hall–Kier alpha value is -3.83. The molecule has 9 heteroatoms. The van der Waals surface area contributed by atoms with Crippen molar-refractivity contribution in [1.29, 1.82) is 5.26 Å². The Bertz CT molecular complexity index is 1640. The highest BCUT2D eigenvalue weighted by molar-refractivity contribution is 7.07. The number of hydrogen-bond acceptors (Lipinski definition) is 5. The molecule has 0 atom stereocenters. The highest BCUT2D eigenvalue weighted by atomic mass is 35.5. The SMILES string of the molecule is COc1cccc(NC(=O)C(C#N)=c2sc(=Cc3ccc(Cl)cc3Cl)c(=O)n2-c2ccccc2)c1. The molecule has 0 aliphatic rings. The topological polar surface area (TPSA) is 84.1 Å². The maximum Gasteiger partial charge on any atom is 0.273 e. The number of carbonyl (C=O) groups excluding carboxylic acids is 1. The van der Waals surface area contributed by atoms with Crippen molar-refractivity contribution < 1.29 is 9.53 Å². The summed E-state index contributed by atoms with van der Waals surface area (Å²) in [5, 5.41) is 13.5. The monoisotopic (exact) mass is 521 g/mol. The average Bonchev–Trinajstić information content (AvgIpc) is 3.17. The normalized spacial score (nSPS) is 12.1. The van der Waals surface area contributed by atoms with E-state index in [-0.39, 0.29) is 15.8 Å². The molecule has 0 radical (unpaired) electrons. The number of nitrogens with zero attached hydrogens (tertiary/aromatic N) is 2. The van der Waals surface area contributed by atoms with E-state index >= 15 is 0 Å². The highest BCUT2D eigenvalue weighted by Gasteiger charge is 2.17. The third-order valence-corrected chi connectivity index (χ3v) is 6.62. The number of benzene rings is 3. The van der Waals surface area contributed by atoms with E-state index in [1.54, 1.807) is 72.8 Å². The van der Waals surface area contributed by atoms with E-state index < -0.39 is 5.91 Å². The van der Waals surface area contributed by atoms with Gasteiger partial charge < -0.3 is 10.1 Å². The second-order valence-electron chi connectivity index (χ2n) is 7.23. The summed E-state index contributed by atoms with van der Waals surface area (Å²) in [4.78, 5) is 26.6. The molecule has 6 nitrogen and oxygen atoms in total. The van der Waals surface area contributed by atoms with Crippen molar-refractivity contribution in [2.24, 2.45) is 0 Å². The number of hydrogen-bond donors (Lipinski definition) is 1. The maximum atomic E-state index is 13.5. The molecule has 0 spiro atoms. The van der Waals surface area contributed by atoms with Gasteiger partial charge in [0.15, 0.2) is 5.57 Å². The third-order valence-electron chi connectivity index (χ3n) is 4.97. The average molecular weight is 522 g/mol. The van der Waals surface area contributed by atoms with E-state index in [0.717, 1.165) is 11.3 Å². The smallest absolute Gasteiger partial charge is 0.273 e. The van der Waals surface area contributed by atoms with Crippen LogP contribution in [0.25, 0.3) is 17.3 Å². The van der Waals surface area contributed by atoms with Crippen molar-refractivity contribution in [3.05, 3.63) is 108 Å². The van der Waals surface area contributed by atoms with Gasteiger partial charge in [-0.3, -0.25) is 14.2 Å². The molecule has 4 rings (SSSR count). The fraction of sp³-hybridized carbons (Fsp3) is 0.0385. The second-order valence-corrected chi connectivity index (χ2v) is 9.10. The van der Waals surface area contributed by atoms with Crippen molar-refractivity contribution in [2.75, 3.05) is 12.4 Å². The first-order valence-corrected chi connectivity index (χ1v) is 11.8. The Balaban J connectivity index is 1.94. The van der Waals surface area contributed by atoms with E-state index in [1.165, 1.54) is 11.7 Å². The molecule has 1 N–H and O–H groups in total. The van der Waals surface area contributed by atoms with E-state index in [1.807, 2.05) is 12.1 Å². The molecule has 0 bridgehead atoms. The van der Waals surface area contributed by atoms with Crippen LogP contribution in [0.3, 0.4) is 0 Å². The fourth-order valence-electron chi connectivity index (χ4n) is 3.31. The number of ether oxygens (including phenoxy) is 1. The number of rotatable bonds is 5. The van der Waals surface area contributed by atoms with Crippen LogP contribution in [-0.4, -0.2) is 17.6 Å². The number of anilines is 1. The van der Waals surface area contributed by atoms with Crippen LogP contribution in [0, 0.1) is 11.3 Å². The fourth-order valence-corrected chi connectivity index (χ4v) is 4.87. The Morgan fingerprint density at radius 1 is 1.09 bits per heavy atom. The van der Waals surface area contributed by atoms with Crippen molar-refractivity contribution in [2.45, 2.75) is 0 Å². The van der Waals surface area contributed by atoms with Gasteiger partial charge in [0.25, 0.3) is 11.5 Å². The second kappa shape index (κ2) is 10.6. The van der Waals surface area contributed by atoms with Gasteiger partial charge in [0.2, 0.25) is 0 Å². The molecule has 3 aromatic carbocycles. The lowest BCUT2D eigenvalue weighted by Gasteiger charge is -2.07. The van der Waals surface area contributed by atoms with Crippen LogP contribution < -0.4 is 24.8 Å². The van der Waals surface area contributed by atoms with Crippen molar-refractivity contribution in [1.82, 2.24) is 4.57 Å². The minimum Gasteiger partial charge on any atom is -0.497 e. The Labute approximate surface area is 214 Å². The Morgan fingerprint density at radius 3 is 2.54 bits per heavy atom. The van der Waals surface area contributed by atoms with Crippen molar-refractivity contribution in [3.63, 3.8) is 0 Å². The van der Waals surface area contributed by atoms with Crippen LogP contribution >= 0.6 is 34.5 Å². The summed E-state index contributed by atoms with van der Waals surface area (Å²) in [5.74, 6) is -0.0990. The zero-order chi connectivity index (χ0) is 24.9. The predicted molar refractivity (Wildman–Crippen MR) is 140 cm³/mol. The lowest BCUT2D eigenvalue weighted by molar-refractivity contribution is -0.111. The van der Waals surface area contributed by atoms with Crippen molar-refractivity contribution >= 4 is 57.8 Å². The molecule has 0 aliphatic heterocycles. The third kappa shape index (κ3) is 5.31. The first-order valence-electron chi connectivity index (χ1n) is 10.2. The molecule has 4 aromatic rings. The zero-order valence-electron chi connectivity index (χ0n) is 18.3. The maximum absolute atomic E-state index is 13.5. The van der Waals surface area contributed by atoms with Crippen molar-refractivity contribution in [3.8, 4) is 17.5 Å². The molecular weight excluding hydrogens is 505 g/mol. The number of halogens is 2. The van der Waals surface area contributed by atoms with Crippen LogP contribution in [0.4, 0.5) is 5.69 Å². The Morgan fingerprint density at radius 2 is 1.86 bits per heavy atom. The number of nitrogens with one attached hydrogen (secondary N) is 1. The van der Waals surface area contributed by atoms with E-state index in [9.17, 15) is 14.9 Å². The summed E-state index contributed by atoms with van der Waals surface area (Å²) in [7, 11) is 1.52. The summed E-state index contributed by atoms with van der Waals surface area (Å²) in [6, 6.07) is 22.5. The number of methoxy groups -OCH3 is 1. The molecule has 0 saturated heterocycles. The van der Waals surface area contributed by atoms with E-state index in [0.29, 0.717) is 37.3 Å². The first-order chi connectivity index (χ1) is 16.9. The summed E-state index contributed by atoms with van der Waals surface area (Å²) in [6.45, 7) is 0. The molecule has 0 unspecified atom stereocenters. The largest absolute Gasteiger partial charge is 0.497 e. The lowest BCUT2D eigenvalue weighted by Crippen LogP contribution is -2.32. The highest BCUT2D eigenvalue weighted by Crippen LogP contribution is 2.21. The van der Waals surface area contributed by atoms with E-state index in [4.69, 9.17) is 27.9 Å². The summed E-state index contributed by atoms with van der Waals surface area (Å²) < 4.78 is 7.03. The molecule has 0 aliphatic carbocycles. The van der Waals surface area contributed by atoms with Crippen LogP contribution in [0.2, 0.25) is 10.0 Å². The van der Waals surface area contributed by atoms with Gasteiger partial charge in [-0.25, -0.2) is 0 Å². The quantitative estimate of drug-likeness (QED) is 0.423. The van der Waals surface area contributed by atoms with Gasteiger partial charge in [-0.1, -0.05) is 53.5 Å². The summed E-state index contributed by atoms with van der Waals surface area (Å²) in [6.07, 6.45) is 1.61. The van der Waals surface area contributed by atoms with Gasteiger partial charge in [0.05, 0.1) is 17.3 Å². The molecule has 174 valence electrons. The predicted octanol–water partition coefficient (Wildman–Crippen LogP) is 4.36. The Kier molecular flexibility index (Phi) is 7.37. The van der Waals surface area contributed by atoms with Gasteiger partial charge in [0.1, 0.15) is 16.5 Å². The molecule has 0 fully saturated rings. The van der Waals surface area contributed by atoms with Gasteiger partial charge in [-0.05, 0) is 48.0 Å². The minimum atomic E-state index is -0.650. The number of para-hydroxylation sites is 1. The first kappa shape index (κ1) is 24.3. The van der Waals surface area contributed by atoms with Crippen LogP contribution in [0.1, 0.15) is 5.56 Å². The van der Waals surface area contributed by atoms with Gasteiger partial charge in [-0.15, -0.1) is 11.3 Å². The molecule has 1 amide bonds. The molecule has 1 heterocycles. The standard InChI is InChI=1S/C26H17Cl2N3O3S/c1-34-20-9-5-6-18(14-20)30-24(32)21(15-29)26-31(19-7-3-2-4-8-19)25(33)23(35-26)12-16-10-11-17(27)13-22(16)28/h2-14H,1H3,(H,30,32). The van der Waals surface area contributed by atoms with Crippen LogP contribution in [0.15, 0.2) is 77.6 Å². The number of amides is 1. The zero-order valence-corrected chi connectivity index (χ0v) is 20.6. The van der Waals surface area contributed by atoms with Gasteiger partial charge in [0, 0.05) is 21.8 Å². The van der Waals surface area contributed by atoms with Gasteiger partial charge >= 0.3 is 0 Å². The summed E-state index contributed by atoms with van der Waals surface area (Å²) >= 11 is 13.3. The van der Waals surface area contributed by atoms with Crippen LogP contribution in [-0.2, 0) is 4.79 Å². The number of thiazole rings is 1. The number of carbonyl (C=O) groups is 1. The lowest BCUT2D eigenvalue weighted by atomic mass is 10.2. The van der Waals surface area contributed by atoms with Gasteiger partial charge in [-0.2, -0.15) is 5.26 Å². The van der Waals surface area contributed by atoms with Crippen LogP contribution in [0.5, 0.6) is 5.75 Å². The number of aromatic nitrogens is 1. The number of nitriles is 1. The molecule has 0 saturated carbocycles. The molecule has 35 heavy (non-hydrogen) atoms. The van der Waals surface area contributed by atoms with E-state index in [2.05, 4.69) is 5.32 Å². The minimum absolute atomic E-state index is 0.195. The summed E-state index contributed by atoms with van der Waals surface area (Å²) in [5.41, 5.74) is 0.963.